The van der Waals surface area contributed by atoms with E-state index in [-0.39, 0.29) is 0 Å². The van der Waals surface area contributed by atoms with Gasteiger partial charge < -0.3 is 10.2 Å². The summed E-state index contributed by atoms with van der Waals surface area (Å²) in [5.74, 6) is 0.340. The first-order valence-corrected chi connectivity index (χ1v) is 4.97. The molecule has 14 heavy (non-hydrogen) atoms. The standard InChI is InChI=1S/C8H10O.C3H8.CH4O/c1-2-7-3-5-8(9)6-4-7;1-3-2;1-2/h3-6,9H,2H2,1H3;3H2,1-2H3;2H,1H3. The van der Waals surface area contributed by atoms with Crippen LogP contribution in [0.2, 0.25) is 0 Å². The lowest BCUT2D eigenvalue weighted by Crippen LogP contribution is -1.75. The van der Waals surface area contributed by atoms with Gasteiger partial charge in [-0.2, -0.15) is 0 Å². The molecule has 2 heteroatoms. The summed E-state index contributed by atoms with van der Waals surface area (Å²) in [6.45, 7) is 6.34. The minimum Gasteiger partial charge on any atom is -0.508 e. The van der Waals surface area contributed by atoms with Crippen LogP contribution in [0.1, 0.15) is 32.8 Å². The summed E-state index contributed by atoms with van der Waals surface area (Å²) in [7, 11) is 1.00. The third-order valence-corrected chi connectivity index (χ3v) is 1.34. The van der Waals surface area contributed by atoms with Crippen LogP contribution in [0.25, 0.3) is 0 Å². The lowest BCUT2D eigenvalue weighted by Gasteiger charge is -1.93. The topological polar surface area (TPSA) is 40.5 Å². The number of aliphatic hydroxyl groups excluding tert-OH is 1. The number of benzene rings is 1. The second-order valence-electron chi connectivity index (χ2n) is 2.73. The molecule has 0 unspecified atom stereocenters. The number of hydrogen-bond donors (Lipinski definition) is 2. The third kappa shape index (κ3) is 9.07. The van der Waals surface area contributed by atoms with E-state index in [0.29, 0.717) is 5.75 Å². The summed E-state index contributed by atoms with van der Waals surface area (Å²) in [5, 5.41) is 15.9. The zero-order valence-corrected chi connectivity index (χ0v) is 9.62. The molecule has 0 atom stereocenters. The summed E-state index contributed by atoms with van der Waals surface area (Å²) in [5.41, 5.74) is 1.26. The molecule has 0 aliphatic carbocycles. The van der Waals surface area contributed by atoms with Crippen molar-refractivity contribution in [2.45, 2.75) is 33.6 Å². The van der Waals surface area contributed by atoms with Crippen molar-refractivity contribution in [3.63, 3.8) is 0 Å². The summed E-state index contributed by atoms with van der Waals surface area (Å²) in [6, 6.07) is 7.27. The van der Waals surface area contributed by atoms with E-state index in [2.05, 4.69) is 20.8 Å². The second-order valence-corrected chi connectivity index (χ2v) is 2.73. The smallest absolute Gasteiger partial charge is 0.115 e. The fourth-order valence-electron chi connectivity index (χ4n) is 0.732. The Bertz CT molecular complexity index is 192. The molecule has 0 amide bonds. The SMILES string of the molecule is CCC.CCc1ccc(O)cc1.CO. The van der Waals surface area contributed by atoms with Crippen LogP contribution in [0.4, 0.5) is 0 Å². The maximum Gasteiger partial charge on any atom is 0.115 e. The quantitative estimate of drug-likeness (QED) is 0.728. The minimum atomic E-state index is 0.340. The molecule has 0 fully saturated rings. The van der Waals surface area contributed by atoms with Gasteiger partial charge in [-0.15, -0.1) is 0 Å². The van der Waals surface area contributed by atoms with Gasteiger partial charge in [-0.25, -0.2) is 0 Å². The highest BCUT2D eigenvalue weighted by Gasteiger charge is 1.86. The Labute approximate surface area is 87.2 Å². The molecule has 0 bridgehead atoms. The maximum atomic E-state index is 8.85. The second kappa shape index (κ2) is 12.0. The van der Waals surface area contributed by atoms with Gasteiger partial charge in [-0.05, 0) is 24.1 Å². The summed E-state index contributed by atoms with van der Waals surface area (Å²) in [4.78, 5) is 0. The highest BCUT2D eigenvalue weighted by molar-refractivity contribution is 5.25. The number of phenolic OH excluding ortho intramolecular Hbond substituents is 1. The summed E-state index contributed by atoms with van der Waals surface area (Å²) < 4.78 is 0. The number of aromatic hydroxyl groups is 1. The fraction of sp³-hybridized carbons (Fsp3) is 0.500. The van der Waals surface area contributed by atoms with Gasteiger partial charge >= 0.3 is 0 Å². The predicted octanol–water partition coefficient (Wildman–Crippen LogP) is 2.98. The van der Waals surface area contributed by atoms with Crippen LogP contribution in [0, 0.1) is 0 Å². The fourth-order valence-corrected chi connectivity index (χ4v) is 0.732. The van der Waals surface area contributed by atoms with E-state index in [1.807, 2.05) is 12.1 Å². The Balaban J connectivity index is 0. The largest absolute Gasteiger partial charge is 0.508 e. The monoisotopic (exact) mass is 198 g/mol. The van der Waals surface area contributed by atoms with Crippen LogP contribution < -0.4 is 0 Å². The van der Waals surface area contributed by atoms with Crippen molar-refractivity contribution < 1.29 is 10.2 Å². The van der Waals surface area contributed by atoms with Crippen molar-refractivity contribution in [1.82, 2.24) is 0 Å². The molecule has 1 rings (SSSR count). The average Bonchev–Trinajstić information content (AvgIpc) is 2.23. The Kier molecular flexibility index (Phi) is 13.2. The van der Waals surface area contributed by atoms with Crippen molar-refractivity contribution in [1.29, 1.82) is 0 Å². The molecule has 0 spiro atoms. The molecule has 2 N–H and O–H groups in total. The Hall–Kier alpha value is -1.02. The average molecular weight is 198 g/mol. The Morgan fingerprint density at radius 1 is 0.929 bits per heavy atom. The molecule has 82 valence electrons. The number of hydrogen-bond acceptors (Lipinski definition) is 2. The first-order chi connectivity index (χ1) is 6.74. The van der Waals surface area contributed by atoms with Crippen LogP contribution in [-0.2, 0) is 6.42 Å². The van der Waals surface area contributed by atoms with Crippen LogP contribution in [0.3, 0.4) is 0 Å². The van der Waals surface area contributed by atoms with Crippen molar-refractivity contribution >= 4 is 0 Å². The molecule has 1 aromatic carbocycles. The number of rotatable bonds is 1. The number of aliphatic hydroxyl groups is 1. The van der Waals surface area contributed by atoms with E-state index in [1.165, 1.54) is 12.0 Å². The van der Waals surface area contributed by atoms with Crippen LogP contribution in [-0.4, -0.2) is 17.3 Å². The minimum absolute atomic E-state index is 0.340. The van der Waals surface area contributed by atoms with Crippen molar-refractivity contribution in [2.75, 3.05) is 7.11 Å². The number of aryl methyl sites for hydroxylation is 1. The van der Waals surface area contributed by atoms with Crippen molar-refractivity contribution in [2.24, 2.45) is 0 Å². The molecule has 0 aliphatic rings. The van der Waals surface area contributed by atoms with Crippen LogP contribution in [0.5, 0.6) is 5.75 Å². The number of phenols is 1. The highest BCUT2D eigenvalue weighted by Crippen LogP contribution is 2.09. The van der Waals surface area contributed by atoms with Gasteiger partial charge in [-0.1, -0.05) is 39.3 Å². The predicted molar refractivity (Wildman–Crippen MR) is 61.6 cm³/mol. The first-order valence-electron chi connectivity index (χ1n) is 4.97. The molecule has 0 saturated heterocycles. The Morgan fingerprint density at radius 2 is 1.29 bits per heavy atom. The van der Waals surface area contributed by atoms with Gasteiger partial charge in [0.15, 0.2) is 0 Å². The third-order valence-electron chi connectivity index (χ3n) is 1.34. The van der Waals surface area contributed by atoms with E-state index < -0.39 is 0 Å². The van der Waals surface area contributed by atoms with E-state index in [4.69, 9.17) is 10.2 Å². The molecule has 0 aromatic heterocycles. The summed E-state index contributed by atoms with van der Waals surface area (Å²) in [6.07, 6.45) is 2.28. The lowest BCUT2D eigenvalue weighted by molar-refractivity contribution is 0.399. The zero-order chi connectivity index (χ0) is 11.4. The van der Waals surface area contributed by atoms with Gasteiger partial charge in [0.05, 0.1) is 0 Å². The lowest BCUT2D eigenvalue weighted by atomic mass is 10.2. The molecular weight excluding hydrogens is 176 g/mol. The van der Waals surface area contributed by atoms with Gasteiger partial charge in [0.25, 0.3) is 0 Å². The molecule has 2 nitrogen and oxygen atoms in total. The molecule has 0 radical (unpaired) electrons. The van der Waals surface area contributed by atoms with Crippen molar-refractivity contribution in [3.8, 4) is 5.75 Å². The van der Waals surface area contributed by atoms with E-state index in [9.17, 15) is 0 Å². The highest BCUT2D eigenvalue weighted by atomic mass is 16.3. The first kappa shape index (κ1) is 15.5. The Morgan fingerprint density at radius 3 is 1.57 bits per heavy atom. The van der Waals surface area contributed by atoms with E-state index >= 15 is 0 Å². The van der Waals surface area contributed by atoms with E-state index in [1.54, 1.807) is 12.1 Å². The molecule has 0 heterocycles. The van der Waals surface area contributed by atoms with Gasteiger partial charge in [0.1, 0.15) is 5.75 Å². The van der Waals surface area contributed by atoms with E-state index in [0.717, 1.165) is 13.5 Å². The van der Waals surface area contributed by atoms with Gasteiger partial charge in [0, 0.05) is 7.11 Å². The summed E-state index contributed by atoms with van der Waals surface area (Å²) >= 11 is 0. The van der Waals surface area contributed by atoms with Gasteiger partial charge in [-0.3, -0.25) is 0 Å². The van der Waals surface area contributed by atoms with Crippen LogP contribution in [0.15, 0.2) is 24.3 Å². The molecule has 0 saturated carbocycles. The van der Waals surface area contributed by atoms with Crippen LogP contribution >= 0.6 is 0 Å². The maximum absolute atomic E-state index is 8.85. The molecule has 1 aromatic rings. The van der Waals surface area contributed by atoms with Crippen molar-refractivity contribution in [3.05, 3.63) is 29.8 Å². The zero-order valence-electron chi connectivity index (χ0n) is 9.62. The molecular formula is C12H22O2. The normalized spacial score (nSPS) is 7.79. The molecule has 0 aliphatic heterocycles. The van der Waals surface area contributed by atoms with Gasteiger partial charge in [0.2, 0.25) is 0 Å².